The highest BCUT2D eigenvalue weighted by Gasteiger charge is 2.37. The Hall–Kier alpha value is -4.00. The highest BCUT2D eigenvalue weighted by molar-refractivity contribution is 6.09. The number of fused-ring (bicyclic) bond motifs is 4. The quantitative estimate of drug-likeness (QED) is 0.305. The number of methoxy groups -OCH3 is 3. The van der Waals surface area contributed by atoms with Gasteiger partial charge in [-0.15, -0.1) is 0 Å². The number of esters is 1. The van der Waals surface area contributed by atoms with Crippen LogP contribution < -0.4 is 14.2 Å². The Labute approximate surface area is 197 Å². The third-order valence-corrected chi connectivity index (χ3v) is 6.44. The summed E-state index contributed by atoms with van der Waals surface area (Å²) in [7, 11) is 4.74. The molecule has 0 spiro atoms. The van der Waals surface area contributed by atoms with Crippen molar-refractivity contribution in [3.05, 3.63) is 71.6 Å². The average molecular weight is 459 g/mol. The van der Waals surface area contributed by atoms with Crippen molar-refractivity contribution in [2.45, 2.75) is 19.4 Å². The SMILES string of the molecule is C=C(C(=O)OCC)C1c2c(cc(OC)c(OC)c2OC)Cn2c3ccccc3c3ccnc1c32. The lowest BCUT2D eigenvalue weighted by Gasteiger charge is -2.24. The zero-order valence-corrected chi connectivity index (χ0v) is 19.7. The summed E-state index contributed by atoms with van der Waals surface area (Å²) in [5, 5.41) is 2.19. The molecule has 34 heavy (non-hydrogen) atoms. The maximum Gasteiger partial charge on any atom is 0.334 e. The van der Waals surface area contributed by atoms with Gasteiger partial charge in [0, 0.05) is 40.2 Å². The first-order valence-corrected chi connectivity index (χ1v) is 11.1. The normalized spacial score (nSPS) is 14.4. The molecule has 2 aromatic heterocycles. The monoisotopic (exact) mass is 458 g/mol. The van der Waals surface area contributed by atoms with Crippen LogP contribution in [0, 0.1) is 0 Å². The Morgan fingerprint density at radius 1 is 1.09 bits per heavy atom. The molecule has 4 aromatic rings. The van der Waals surface area contributed by atoms with Crippen molar-refractivity contribution in [3.63, 3.8) is 0 Å². The molecule has 7 heteroatoms. The molecule has 0 N–H and O–H groups in total. The molecular weight excluding hydrogens is 432 g/mol. The summed E-state index contributed by atoms with van der Waals surface area (Å²) in [4.78, 5) is 17.8. The van der Waals surface area contributed by atoms with E-state index >= 15 is 0 Å². The maximum absolute atomic E-state index is 13.0. The van der Waals surface area contributed by atoms with Crippen molar-refractivity contribution in [3.8, 4) is 17.2 Å². The van der Waals surface area contributed by atoms with Crippen molar-refractivity contribution in [2.75, 3.05) is 27.9 Å². The summed E-state index contributed by atoms with van der Waals surface area (Å²) in [5.74, 6) is 0.414. The molecule has 0 bridgehead atoms. The number of ether oxygens (including phenoxy) is 4. The van der Waals surface area contributed by atoms with Crippen LogP contribution >= 0.6 is 0 Å². The van der Waals surface area contributed by atoms with E-state index in [1.165, 1.54) is 0 Å². The lowest BCUT2D eigenvalue weighted by Crippen LogP contribution is -2.18. The first kappa shape index (κ1) is 21.8. The van der Waals surface area contributed by atoms with E-state index in [0.717, 1.165) is 38.6 Å². The fourth-order valence-electron chi connectivity index (χ4n) is 5.07. The third kappa shape index (κ3) is 3.04. The molecule has 1 unspecified atom stereocenters. The summed E-state index contributed by atoms with van der Waals surface area (Å²) in [6.07, 6.45) is 1.78. The van der Waals surface area contributed by atoms with E-state index in [1.54, 1.807) is 34.4 Å². The smallest absolute Gasteiger partial charge is 0.334 e. The van der Waals surface area contributed by atoms with E-state index in [1.807, 2.05) is 24.3 Å². The van der Waals surface area contributed by atoms with Crippen LogP contribution in [0.4, 0.5) is 0 Å². The molecule has 0 saturated carbocycles. The largest absolute Gasteiger partial charge is 0.493 e. The number of aromatic nitrogens is 2. The van der Waals surface area contributed by atoms with E-state index in [2.05, 4.69) is 23.3 Å². The molecule has 2 aromatic carbocycles. The standard InChI is InChI=1S/C27H26N2O5/c1-6-34-27(30)15(2)21-22-16(13-20(31-3)25(32-4)26(22)33-5)14-29-19-10-8-7-9-17(19)18-11-12-28-23(21)24(18)29/h7-13,21H,2,6,14H2,1,3-5H3. The molecule has 0 saturated heterocycles. The minimum atomic E-state index is -0.599. The van der Waals surface area contributed by atoms with E-state index in [-0.39, 0.29) is 12.2 Å². The van der Waals surface area contributed by atoms with Crippen molar-refractivity contribution < 1.29 is 23.7 Å². The van der Waals surface area contributed by atoms with Crippen LogP contribution in [-0.4, -0.2) is 43.5 Å². The molecule has 1 aliphatic rings. The van der Waals surface area contributed by atoms with Crippen LogP contribution in [0.15, 0.2) is 54.7 Å². The number of hydrogen-bond donors (Lipinski definition) is 0. The molecule has 1 atom stereocenters. The van der Waals surface area contributed by atoms with Crippen molar-refractivity contribution in [1.29, 1.82) is 0 Å². The first-order chi connectivity index (χ1) is 16.5. The molecule has 174 valence electrons. The lowest BCUT2D eigenvalue weighted by molar-refractivity contribution is -0.138. The van der Waals surface area contributed by atoms with Crippen molar-refractivity contribution >= 4 is 27.8 Å². The highest BCUT2D eigenvalue weighted by Crippen LogP contribution is 2.51. The van der Waals surface area contributed by atoms with Gasteiger partial charge in [-0.3, -0.25) is 4.98 Å². The van der Waals surface area contributed by atoms with Gasteiger partial charge in [0.1, 0.15) is 0 Å². The maximum atomic E-state index is 13.0. The Morgan fingerprint density at radius 2 is 1.85 bits per heavy atom. The first-order valence-electron chi connectivity index (χ1n) is 11.1. The molecule has 0 radical (unpaired) electrons. The number of rotatable bonds is 6. The van der Waals surface area contributed by atoms with Crippen LogP contribution in [0.1, 0.15) is 29.7 Å². The van der Waals surface area contributed by atoms with Gasteiger partial charge in [0.05, 0.1) is 45.1 Å². The summed E-state index contributed by atoms with van der Waals surface area (Å²) in [6.45, 7) is 6.73. The number of pyridine rings is 1. The number of benzene rings is 2. The zero-order chi connectivity index (χ0) is 24.0. The molecule has 0 fully saturated rings. The zero-order valence-electron chi connectivity index (χ0n) is 19.7. The van der Waals surface area contributed by atoms with Crippen LogP contribution in [0.25, 0.3) is 21.8 Å². The van der Waals surface area contributed by atoms with Gasteiger partial charge in [-0.05, 0) is 30.7 Å². The fourth-order valence-corrected chi connectivity index (χ4v) is 5.07. The number of carbonyl (C=O) groups is 1. The Morgan fingerprint density at radius 3 is 2.56 bits per heavy atom. The predicted octanol–water partition coefficient (Wildman–Crippen LogP) is 4.83. The third-order valence-electron chi connectivity index (χ3n) is 6.44. The predicted molar refractivity (Wildman–Crippen MR) is 130 cm³/mol. The van der Waals surface area contributed by atoms with Crippen LogP contribution in [-0.2, 0) is 16.1 Å². The number of carbonyl (C=O) groups excluding carboxylic acids is 1. The van der Waals surface area contributed by atoms with Gasteiger partial charge >= 0.3 is 5.97 Å². The summed E-state index contributed by atoms with van der Waals surface area (Å²) in [6, 6.07) is 12.2. The van der Waals surface area contributed by atoms with E-state index < -0.39 is 11.9 Å². The summed E-state index contributed by atoms with van der Waals surface area (Å²) < 4.78 is 24.8. The van der Waals surface area contributed by atoms with Crippen LogP contribution in [0.2, 0.25) is 0 Å². The Kier molecular flexibility index (Phi) is 5.40. The second-order valence-corrected chi connectivity index (χ2v) is 8.09. The van der Waals surface area contributed by atoms with E-state index in [9.17, 15) is 4.79 Å². The van der Waals surface area contributed by atoms with Crippen LogP contribution in [0.3, 0.4) is 0 Å². The molecule has 0 amide bonds. The summed E-state index contributed by atoms with van der Waals surface area (Å²) in [5.41, 5.74) is 4.73. The molecule has 0 aliphatic carbocycles. The number of para-hydroxylation sites is 1. The molecule has 3 heterocycles. The lowest BCUT2D eigenvalue weighted by atomic mass is 9.84. The number of hydrogen-bond acceptors (Lipinski definition) is 6. The summed E-state index contributed by atoms with van der Waals surface area (Å²) >= 11 is 0. The molecular formula is C27H26N2O5. The molecule has 5 rings (SSSR count). The minimum Gasteiger partial charge on any atom is -0.493 e. The molecule has 1 aliphatic heterocycles. The van der Waals surface area contributed by atoms with Gasteiger partial charge in [0.25, 0.3) is 0 Å². The highest BCUT2D eigenvalue weighted by atomic mass is 16.5. The Bertz CT molecular complexity index is 1450. The van der Waals surface area contributed by atoms with Gasteiger partial charge in [0.15, 0.2) is 11.5 Å². The fraction of sp³-hybridized carbons (Fsp3) is 0.259. The topological polar surface area (TPSA) is 71.8 Å². The van der Waals surface area contributed by atoms with Crippen molar-refractivity contribution in [2.24, 2.45) is 0 Å². The minimum absolute atomic E-state index is 0.248. The van der Waals surface area contributed by atoms with Crippen LogP contribution in [0.5, 0.6) is 17.2 Å². The van der Waals surface area contributed by atoms with Gasteiger partial charge in [-0.2, -0.15) is 0 Å². The van der Waals surface area contributed by atoms with E-state index in [4.69, 9.17) is 23.9 Å². The van der Waals surface area contributed by atoms with Gasteiger partial charge in [0.2, 0.25) is 5.75 Å². The van der Waals surface area contributed by atoms with Crippen molar-refractivity contribution in [1.82, 2.24) is 9.55 Å². The van der Waals surface area contributed by atoms with Gasteiger partial charge in [-0.25, -0.2) is 4.79 Å². The van der Waals surface area contributed by atoms with Gasteiger partial charge in [-0.1, -0.05) is 24.8 Å². The molecule has 7 nitrogen and oxygen atoms in total. The second kappa shape index (κ2) is 8.41. The Balaban J connectivity index is 1.93. The van der Waals surface area contributed by atoms with Gasteiger partial charge < -0.3 is 23.5 Å². The van der Waals surface area contributed by atoms with E-state index in [0.29, 0.717) is 23.8 Å². The average Bonchev–Trinajstić information content (AvgIpc) is 3.09. The number of nitrogens with zero attached hydrogens (tertiary/aromatic N) is 2. The second-order valence-electron chi connectivity index (χ2n) is 8.09.